The third-order valence-electron chi connectivity index (χ3n) is 6.19. The van der Waals surface area contributed by atoms with Crippen LogP contribution < -0.4 is 5.32 Å². The molecule has 7 heteroatoms. The summed E-state index contributed by atoms with van der Waals surface area (Å²) in [6.07, 6.45) is 3.79. The van der Waals surface area contributed by atoms with Gasteiger partial charge in [-0.1, -0.05) is 35.5 Å². The van der Waals surface area contributed by atoms with Crippen LogP contribution >= 0.6 is 0 Å². The fraction of sp³-hybridized carbons (Fsp3) is 0.522. The number of carbonyl (C=O) groups is 2. The predicted molar refractivity (Wildman–Crippen MR) is 112 cm³/mol. The number of ether oxygens (including phenoxy) is 1. The van der Waals surface area contributed by atoms with Gasteiger partial charge >= 0.3 is 0 Å². The average molecular weight is 412 g/mol. The number of nitrogens with zero attached hydrogens (tertiary/aromatic N) is 2. The molecule has 2 amide bonds. The van der Waals surface area contributed by atoms with E-state index in [2.05, 4.69) is 10.5 Å². The molecular formula is C23H29N3O4. The molecule has 2 fully saturated rings. The monoisotopic (exact) mass is 411 g/mol. The minimum Gasteiger partial charge on any atom is -0.381 e. The zero-order valence-corrected chi connectivity index (χ0v) is 17.4. The number of hydrogen-bond donors (Lipinski definition) is 1. The molecule has 0 bridgehead atoms. The van der Waals surface area contributed by atoms with E-state index in [0.717, 1.165) is 37.1 Å². The second kappa shape index (κ2) is 9.00. The highest BCUT2D eigenvalue weighted by molar-refractivity contribution is 5.91. The van der Waals surface area contributed by atoms with E-state index in [-0.39, 0.29) is 11.8 Å². The van der Waals surface area contributed by atoms with Gasteiger partial charge in [-0.15, -0.1) is 0 Å². The van der Waals surface area contributed by atoms with Gasteiger partial charge in [0.25, 0.3) is 0 Å². The SMILES string of the molecule is CC(=O)N1CCC[C@]1(Cc1cc(-c2ccccc2)no1)C(=O)NC[C@@H]1CCCOC1. The third kappa shape index (κ3) is 4.26. The second-order valence-electron chi connectivity index (χ2n) is 8.32. The van der Waals surface area contributed by atoms with E-state index in [1.54, 1.807) is 4.90 Å². The Morgan fingerprint density at radius 3 is 2.83 bits per heavy atom. The van der Waals surface area contributed by atoms with Crippen LogP contribution in [0.4, 0.5) is 0 Å². The Morgan fingerprint density at radius 1 is 1.27 bits per heavy atom. The maximum absolute atomic E-state index is 13.4. The normalized spacial score (nSPS) is 24.0. The lowest BCUT2D eigenvalue weighted by atomic mass is 9.88. The lowest BCUT2D eigenvalue weighted by molar-refractivity contribution is -0.144. The van der Waals surface area contributed by atoms with Crippen LogP contribution in [0.1, 0.15) is 38.4 Å². The van der Waals surface area contributed by atoms with Crippen molar-refractivity contribution in [2.24, 2.45) is 5.92 Å². The van der Waals surface area contributed by atoms with Crippen molar-refractivity contribution in [3.8, 4) is 11.3 Å². The van der Waals surface area contributed by atoms with Crippen molar-refractivity contribution < 1.29 is 18.8 Å². The van der Waals surface area contributed by atoms with E-state index in [1.165, 1.54) is 6.92 Å². The Bertz CT molecular complexity index is 876. The van der Waals surface area contributed by atoms with Crippen LogP contribution in [-0.2, 0) is 20.7 Å². The number of rotatable bonds is 6. The van der Waals surface area contributed by atoms with Gasteiger partial charge in [-0.25, -0.2) is 0 Å². The van der Waals surface area contributed by atoms with Gasteiger partial charge in [-0.2, -0.15) is 0 Å². The average Bonchev–Trinajstić information content (AvgIpc) is 3.41. The first-order valence-electron chi connectivity index (χ1n) is 10.7. The molecule has 160 valence electrons. The molecule has 1 aromatic heterocycles. The van der Waals surface area contributed by atoms with Gasteiger partial charge < -0.3 is 19.5 Å². The minimum absolute atomic E-state index is 0.0913. The summed E-state index contributed by atoms with van der Waals surface area (Å²) in [6.45, 7) is 4.14. The molecular weight excluding hydrogens is 382 g/mol. The summed E-state index contributed by atoms with van der Waals surface area (Å²) in [6, 6.07) is 11.6. The first-order valence-corrected chi connectivity index (χ1v) is 10.7. The molecule has 7 nitrogen and oxygen atoms in total. The quantitative estimate of drug-likeness (QED) is 0.790. The van der Waals surface area contributed by atoms with Crippen LogP contribution in [-0.4, -0.2) is 53.7 Å². The van der Waals surface area contributed by atoms with Gasteiger partial charge in [0.05, 0.1) is 6.61 Å². The molecule has 2 aliphatic heterocycles. The molecule has 3 heterocycles. The number of carbonyl (C=O) groups excluding carboxylic acids is 2. The standard InChI is InChI=1S/C23H29N3O4/c1-17(27)26-11-6-10-23(26,22(28)24-15-18-7-5-12-29-16-18)14-20-13-21(25-30-20)19-8-3-2-4-9-19/h2-4,8-9,13,18H,5-7,10-12,14-16H2,1H3,(H,24,28)/t18-,23-/m0/s1. The van der Waals surface area contributed by atoms with Gasteiger partial charge in [-0.3, -0.25) is 9.59 Å². The van der Waals surface area contributed by atoms with Crippen molar-refractivity contribution in [1.82, 2.24) is 15.4 Å². The Labute approximate surface area is 176 Å². The van der Waals surface area contributed by atoms with Crippen molar-refractivity contribution in [2.75, 3.05) is 26.3 Å². The van der Waals surface area contributed by atoms with Crippen molar-refractivity contribution in [1.29, 1.82) is 0 Å². The molecule has 2 aromatic rings. The van der Waals surface area contributed by atoms with Gasteiger partial charge in [0.1, 0.15) is 17.0 Å². The molecule has 2 atom stereocenters. The Morgan fingerprint density at radius 2 is 2.10 bits per heavy atom. The van der Waals surface area contributed by atoms with E-state index in [0.29, 0.717) is 44.2 Å². The predicted octanol–water partition coefficient (Wildman–Crippen LogP) is 2.81. The summed E-state index contributed by atoms with van der Waals surface area (Å²) in [5.41, 5.74) is 0.750. The molecule has 0 saturated carbocycles. The number of aromatic nitrogens is 1. The number of nitrogens with one attached hydrogen (secondary N) is 1. The second-order valence-corrected chi connectivity index (χ2v) is 8.32. The van der Waals surface area contributed by atoms with Crippen LogP contribution in [0, 0.1) is 5.92 Å². The van der Waals surface area contributed by atoms with Gasteiger partial charge in [0.15, 0.2) is 0 Å². The van der Waals surface area contributed by atoms with Gasteiger partial charge in [-0.05, 0) is 31.6 Å². The van der Waals surface area contributed by atoms with Crippen LogP contribution in [0.3, 0.4) is 0 Å². The molecule has 2 saturated heterocycles. The molecule has 0 radical (unpaired) electrons. The van der Waals surface area contributed by atoms with Crippen LogP contribution in [0.25, 0.3) is 11.3 Å². The summed E-state index contributed by atoms with van der Waals surface area (Å²) in [5.74, 6) is 0.727. The molecule has 2 aliphatic rings. The van der Waals surface area contributed by atoms with Crippen molar-refractivity contribution >= 4 is 11.8 Å². The van der Waals surface area contributed by atoms with E-state index in [1.807, 2.05) is 36.4 Å². The number of amides is 2. The van der Waals surface area contributed by atoms with Crippen LogP contribution in [0.5, 0.6) is 0 Å². The summed E-state index contributed by atoms with van der Waals surface area (Å²) < 4.78 is 11.1. The van der Waals surface area contributed by atoms with E-state index < -0.39 is 5.54 Å². The van der Waals surface area contributed by atoms with Gasteiger partial charge in [0, 0.05) is 44.7 Å². The van der Waals surface area contributed by atoms with Crippen molar-refractivity contribution in [2.45, 2.75) is 44.6 Å². The lowest BCUT2D eigenvalue weighted by Gasteiger charge is -2.36. The highest BCUT2D eigenvalue weighted by Gasteiger charge is 2.49. The number of likely N-dealkylation sites (tertiary alicyclic amines) is 1. The highest BCUT2D eigenvalue weighted by atomic mass is 16.5. The molecule has 0 spiro atoms. The fourth-order valence-corrected chi connectivity index (χ4v) is 4.64. The zero-order chi connectivity index (χ0) is 21.0. The lowest BCUT2D eigenvalue weighted by Crippen LogP contribution is -2.59. The summed E-state index contributed by atoms with van der Waals surface area (Å²) >= 11 is 0. The number of hydrogen-bond acceptors (Lipinski definition) is 5. The minimum atomic E-state index is -0.936. The molecule has 0 unspecified atom stereocenters. The maximum atomic E-state index is 13.4. The largest absolute Gasteiger partial charge is 0.381 e. The van der Waals surface area contributed by atoms with E-state index in [4.69, 9.17) is 9.26 Å². The summed E-state index contributed by atoms with van der Waals surface area (Å²) in [7, 11) is 0. The fourth-order valence-electron chi connectivity index (χ4n) is 4.64. The van der Waals surface area contributed by atoms with Crippen LogP contribution in [0.15, 0.2) is 40.9 Å². The van der Waals surface area contributed by atoms with E-state index >= 15 is 0 Å². The molecule has 0 aliphatic carbocycles. The van der Waals surface area contributed by atoms with Crippen LogP contribution in [0.2, 0.25) is 0 Å². The van der Waals surface area contributed by atoms with Crippen molar-refractivity contribution in [3.05, 3.63) is 42.2 Å². The Hall–Kier alpha value is -2.67. The molecule has 30 heavy (non-hydrogen) atoms. The summed E-state index contributed by atoms with van der Waals surface area (Å²) in [5, 5.41) is 7.29. The first-order chi connectivity index (χ1) is 14.6. The van der Waals surface area contributed by atoms with Gasteiger partial charge in [0.2, 0.25) is 11.8 Å². The molecule has 1 aromatic carbocycles. The highest BCUT2D eigenvalue weighted by Crippen LogP contribution is 2.34. The zero-order valence-electron chi connectivity index (χ0n) is 17.4. The first kappa shape index (κ1) is 20.6. The van der Waals surface area contributed by atoms with Crippen molar-refractivity contribution in [3.63, 3.8) is 0 Å². The number of benzene rings is 1. The molecule has 1 N–H and O–H groups in total. The third-order valence-corrected chi connectivity index (χ3v) is 6.19. The maximum Gasteiger partial charge on any atom is 0.246 e. The Balaban J connectivity index is 1.53. The molecule has 4 rings (SSSR count). The smallest absolute Gasteiger partial charge is 0.246 e. The van der Waals surface area contributed by atoms with E-state index in [9.17, 15) is 9.59 Å². The Kier molecular flexibility index (Phi) is 6.18. The summed E-state index contributed by atoms with van der Waals surface area (Å²) in [4.78, 5) is 27.5. The topological polar surface area (TPSA) is 84.7 Å².